The van der Waals surface area contributed by atoms with Gasteiger partial charge in [0.1, 0.15) is 0 Å². The summed E-state index contributed by atoms with van der Waals surface area (Å²) < 4.78 is 27.6. The normalized spacial score (nSPS) is 18.4. The second-order valence-corrected chi connectivity index (χ2v) is 9.79. The Bertz CT molecular complexity index is 1140. The average Bonchev–Trinajstić information content (AvgIpc) is 3.25. The number of aromatic nitrogens is 4. The minimum Gasteiger partial charge on any atom is -0.339 e. The van der Waals surface area contributed by atoms with Crippen LogP contribution in [0, 0.1) is 0 Å². The second-order valence-electron chi connectivity index (χ2n) is 7.56. The number of hydrogen-bond acceptors (Lipinski definition) is 6. The number of amides is 1. The minimum absolute atomic E-state index is 0.0367. The SMILES string of the molecule is CCCN(C(=O)CCCn1cnc2c1c(=O)n(C)c(=O)n2C)C1CCS(=O)(=O)C1. The number of aryl methyl sites for hydroxylation is 2. The van der Waals surface area contributed by atoms with Crippen molar-refractivity contribution < 1.29 is 13.2 Å². The van der Waals surface area contributed by atoms with Gasteiger partial charge in [0.05, 0.1) is 17.8 Å². The number of imidazole rings is 1. The fourth-order valence-corrected chi connectivity index (χ4v) is 5.61. The summed E-state index contributed by atoms with van der Waals surface area (Å²) in [5, 5.41) is 0. The third kappa shape index (κ3) is 4.14. The van der Waals surface area contributed by atoms with Crippen molar-refractivity contribution in [3.8, 4) is 0 Å². The van der Waals surface area contributed by atoms with Gasteiger partial charge in [0, 0.05) is 39.6 Å². The largest absolute Gasteiger partial charge is 0.339 e. The second kappa shape index (κ2) is 8.13. The van der Waals surface area contributed by atoms with Crippen LogP contribution >= 0.6 is 0 Å². The van der Waals surface area contributed by atoms with Gasteiger partial charge in [-0.3, -0.25) is 18.7 Å². The standard InChI is InChI=1S/C18H27N5O5S/c1-4-8-23(13-7-10-29(27,28)11-13)14(24)6-5-9-22-12-19-16-15(22)17(25)21(3)18(26)20(16)2/h12-13H,4-11H2,1-3H3. The molecule has 1 saturated heterocycles. The van der Waals surface area contributed by atoms with Gasteiger partial charge in [0.2, 0.25) is 5.91 Å². The van der Waals surface area contributed by atoms with E-state index in [2.05, 4.69) is 4.98 Å². The highest BCUT2D eigenvalue weighted by Gasteiger charge is 2.33. The molecule has 29 heavy (non-hydrogen) atoms. The van der Waals surface area contributed by atoms with Crippen molar-refractivity contribution in [2.24, 2.45) is 14.1 Å². The van der Waals surface area contributed by atoms with E-state index in [0.29, 0.717) is 37.1 Å². The summed E-state index contributed by atoms with van der Waals surface area (Å²) in [6.07, 6.45) is 3.49. The summed E-state index contributed by atoms with van der Waals surface area (Å²) in [6.45, 7) is 2.90. The van der Waals surface area contributed by atoms with Crippen LogP contribution in [0.25, 0.3) is 11.2 Å². The fourth-order valence-electron chi connectivity index (χ4n) is 3.88. The predicted octanol–water partition coefficient (Wildman–Crippen LogP) is -0.360. The van der Waals surface area contributed by atoms with Crippen LogP contribution in [0.15, 0.2) is 15.9 Å². The van der Waals surface area contributed by atoms with Crippen molar-refractivity contribution >= 4 is 26.9 Å². The Hall–Kier alpha value is -2.43. The van der Waals surface area contributed by atoms with E-state index in [0.717, 1.165) is 11.0 Å². The summed E-state index contributed by atoms with van der Waals surface area (Å²) in [7, 11) is -0.0816. The van der Waals surface area contributed by atoms with Gasteiger partial charge in [-0.1, -0.05) is 6.92 Å². The van der Waals surface area contributed by atoms with Crippen molar-refractivity contribution in [2.75, 3.05) is 18.1 Å². The van der Waals surface area contributed by atoms with E-state index < -0.39 is 21.1 Å². The highest BCUT2D eigenvalue weighted by molar-refractivity contribution is 7.91. The van der Waals surface area contributed by atoms with Crippen LogP contribution in [0.3, 0.4) is 0 Å². The van der Waals surface area contributed by atoms with Crippen molar-refractivity contribution in [1.82, 2.24) is 23.6 Å². The summed E-state index contributed by atoms with van der Waals surface area (Å²) in [5.41, 5.74) is -0.220. The Kier molecular flexibility index (Phi) is 5.97. The zero-order valence-corrected chi connectivity index (χ0v) is 17.8. The molecule has 1 fully saturated rings. The van der Waals surface area contributed by atoms with E-state index in [4.69, 9.17) is 0 Å². The first kappa shape index (κ1) is 21.3. The third-order valence-corrected chi connectivity index (χ3v) is 7.19. The van der Waals surface area contributed by atoms with Gasteiger partial charge in [-0.05, 0) is 19.3 Å². The van der Waals surface area contributed by atoms with Crippen LogP contribution in [0.5, 0.6) is 0 Å². The van der Waals surface area contributed by atoms with E-state index in [9.17, 15) is 22.8 Å². The third-order valence-electron chi connectivity index (χ3n) is 5.44. The Labute approximate surface area is 168 Å². The molecule has 1 aliphatic heterocycles. The molecule has 2 aromatic rings. The Morgan fingerprint density at radius 1 is 1.28 bits per heavy atom. The molecule has 1 unspecified atom stereocenters. The zero-order valence-electron chi connectivity index (χ0n) is 17.0. The number of nitrogens with zero attached hydrogens (tertiary/aromatic N) is 5. The Morgan fingerprint density at radius 2 is 2.00 bits per heavy atom. The molecule has 2 aromatic heterocycles. The van der Waals surface area contributed by atoms with Crippen molar-refractivity contribution in [3.63, 3.8) is 0 Å². The average molecular weight is 426 g/mol. The molecule has 11 heteroatoms. The quantitative estimate of drug-likeness (QED) is 0.598. The molecule has 160 valence electrons. The van der Waals surface area contributed by atoms with Crippen molar-refractivity contribution in [1.29, 1.82) is 0 Å². The summed E-state index contributed by atoms with van der Waals surface area (Å²) in [4.78, 5) is 43.1. The number of fused-ring (bicyclic) bond motifs is 1. The smallest absolute Gasteiger partial charge is 0.332 e. The van der Waals surface area contributed by atoms with Crippen LogP contribution in [0.1, 0.15) is 32.6 Å². The predicted molar refractivity (Wildman–Crippen MR) is 109 cm³/mol. The summed E-state index contributed by atoms with van der Waals surface area (Å²) in [5.74, 6) is 0.0991. The van der Waals surface area contributed by atoms with E-state index in [1.165, 1.54) is 17.9 Å². The highest BCUT2D eigenvalue weighted by Crippen LogP contribution is 2.19. The van der Waals surface area contributed by atoms with Gasteiger partial charge in [-0.25, -0.2) is 18.2 Å². The molecular weight excluding hydrogens is 398 g/mol. The van der Waals surface area contributed by atoms with Gasteiger partial charge < -0.3 is 9.47 Å². The van der Waals surface area contributed by atoms with Crippen LogP contribution in [-0.4, -0.2) is 62.0 Å². The Morgan fingerprint density at radius 3 is 2.62 bits per heavy atom. The maximum absolute atomic E-state index is 12.7. The molecule has 0 radical (unpaired) electrons. The van der Waals surface area contributed by atoms with Gasteiger partial charge in [-0.15, -0.1) is 0 Å². The van der Waals surface area contributed by atoms with Gasteiger partial charge in [0.25, 0.3) is 5.56 Å². The first-order valence-corrected chi connectivity index (χ1v) is 11.6. The molecule has 0 saturated carbocycles. The van der Waals surface area contributed by atoms with Crippen molar-refractivity contribution in [2.45, 2.75) is 45.2 Å². The van der Waals surface area contributed by atoms with E-state index in [-0.39, 0.29) is 29.9 Å². The topological polar surface area (TPSA) is 116 Å². The molecule has 0 bridgehead atoms. The van der Waals surface area contributed by atoms with Crippen LogP contribution < -0.4 is 11.2 Å². The number of hydrogen-bond donors (Lipinski definition) is 0. The molecule has 3 heterocycles. The molecule has 1 amide bonds. The van der Waals surface area contributed by atoms with E-state index in [1.54, 1.807) is 16.5 Å². The minimum atomic E-state index is -3.06. The van der Waals surface area contributed by atoms with Crippen molar-refractivity contribution in [3.05, 3.63) is 27.2 Å². The molecule has 0 spiro atoms. The lowest BCUT2D eigenvalue weighted by molar-refractivity contribution is -0.133. The van der Waals surface area contributed by atoms with Crippen LogP contribution in [-0.2, 0) is 35.3 Å². The maximum atomic E-state index is 12.7. The number of carbonyl (C=O) groups excluding carboxylic acids is 1. The molecule has 10 nitrogen and oxygen atoms in total. The highest BCUT2D eigenvalue weighted by atomic mass is 32.2. The summed E-state index contributed by atoms with van der Waals surface area (Å²) in [6, 6.07) is -0.247. The van der Waals surface area contributed by atoms with Gasteiger partial charge in [0.15, 0.2) is 21.0 Å². The molecule has 1 aliphatic rings. The number of rotatable bonds is 7. The zero-order chi connectivity index (χ0) is 21.3. The molecule has 0 aliphatic carbocycles. The van der Waals surface area contributed by atoms with Crippen LogP contribution in [0.2, 0.25) is 0 Å². The van der Waals surface area contributed by atoms with Gasteiger partial charge >= 0.3 is 5.69 Å². The lowest BCUT2D eigenvalue weighted by Crippen LogP contribution is -2.41. The molecule has 1 atom stereocenters. The Balaban J connectivity index is 1.71. The molecular formula is C18H27N5O5S. The fraction of sp³-hybridized carbons (Fsp3) is 0.667. The molecule has 0 N–H and O–H groups in total. The first-order valence-electron chi connectivity index (χ1n) is 9.77. The lowest BCUT2D eigenvalue weighted by atomic mass is 10.1. The molecule has 3 rings (SSSR count). The summed E-state index contributed by atoms with van der Waals surface area (Å²) >= 11 is 0. The number of carbonyl (C=O) groups is 1. The maximum Gasteiger partial charge on any atom is 0.332 e. The van der Waals surface area contributed by atoms with Gasteiger partial charge in [-0.2, -0.15) is 0 Å². The lowest BCUT2D eigenvalue weighted by Gasteiger charge is -2.28. The van der Waals surface area contributed by atoms with Crippen LogP contribution in [0.4, 0.5) is 0 Å². The number of sulfone groups is 1. The molecule has 0 aromatic carbocycles. The van der Waals surface area contributed by atoms with E-state index >= 15 is 0 Å². The van der Waals surface area contributed by atoms with E-state index in [1.807, 2.05) is 6.92 Å². The first-order chi connectivity index (χ1) is 13.7. The monoisotopic (exact) mass is 425 g/mol.